The first-order chi connectivity index (χ1) is 15.1. The van der Waals surface area contributed by atoms with E-state index in [1.165, 1.54) is 19.9 Å². The number of nitriles is 1. The molecule has 9 heteroatoms. The molecule has 0 bridgehead atoms. The molecule has 2 N–H and O–H groups in total. The van der Waals surface area contributed by atoms with Crippen molar-refractivity contribution in [3.63, 3.8) is 0 Å². The number of aliphatic hydroxyl groups is 1. The number of nitrogens with zero attached hydrogens (tertiary/aromatic N) is 1. The van der Waals surface area contributed by atoms with E-state index in [0.717, 1.165) is 30.2 Å². The molecule has 1 aromatic carbocycles. The molecule has 0 aromatic heterocycles. The molecule has 0 saturated heterocycles. The first-order valence-electron chi connectivity index (χ1n) is 10.7. The lowest BCUT2D eigenvalue weighted by atomic mass is 9.87. The smallest absolute Gasteiger partial charge is 0.270 e. The van der Waals surface area contributed by atoms with Gasteiger partial charge >= 0.3 is 0 Å². The minimum absolute atomic E-state index is 0.0641. The zero-order valence-corrected chi connectivity index (χ0v) is 21.5. The zero-order chi connectivity index (χ0) is 25.3. The summed E-state index contributed by atoms with van der Waals surface area (Å²) in [4.78, 5) is 13.1. The Morgan fingerprint density at radius 2 is 1.97 bits per heavy atom. The van der Waals surface area contributed by atoms with Crippen molar-refractivity contribution >= 4 is 27.7 Å². The van der Waals surface area contributed by atoms with Crippen molar-refractivity contribution in [2.45, 2.75) is 78.2 Å². The molecule has 1 aliphatic rings. The van der Waals surface area contributed by atoms with Gasteiger partial charge in [-0.1, -0.05) is 32.2 Å². The fourth-order valence-electron chi connectivity index (χ4n) is 3.43. The summed E-state index contributed by atoms with van der Waals surface area (Å²) in [7, 11) is -4.24. The highest BCUT2D eigenvalue weighted by atomic mass is 32.3. The molecular weight excluding hydrogens is 463 g/mol. The Morgan fingerprint density at radius 3 is 2.39 bits per heavy atom. The average Bonchev–Trinajstić information content (AvgIpc) is 3.49. The Labute approximate surface area is 200 Å². The second-order valence-corrected chi connectivity index (χ2v) is 12.3. The van der Waals surface area contributed by atoms with Gasteiger partial charge in [-0.05, 0) is 80.7 Å². The van der Waals surface area contributed by atoms with E-state index in [1.54, 1.807) is 27.7 Å². The highest BCUT2D eigenvalue weighted by Gasteiger charge is 2.33. The van der Waals surface area contributed by atoms with Crippen molar-refractivity contribution in [1.82, 2.24) is 4.72 Å². The maximum atomic E-state index is 15.0. The molecule has 0 heterocycles. The number of nitrogens with one attached hydrogen (secondary N) is 1. The monoisotopic (exact) mass is 494 g/mol. The number of benzene rings is 1. The maximum Gasteiger partial charge on any atom is 0.270 e. The molecule has 6 nitrogen and oxygen atoms in total. The molecule has 33 heavy (non-hydrogen) atoms. The summed E-state index contributed by atoms with van der Waals surface area (Å²) < 4.78 is 43.0. The fraction of sp³-hybridized carbons (Fsp3) is 0.500. The van der Waals surface area contributed by atoms with E-state index in [9.17, 15) is 23.6 Å². The van der Waals surface area contributed by atoms with Gasteiger partial charge in [0, 0.05) is 4.91 Å². The van der Waals surface area contributed by atoms with Crippen LogP contribution in [0.1, 0.15) is 88.5 Å². The third-order valence-electron chi connectivity index (χ3n) is 5.30. The predicted octanol–water partition coefficient (Wildman–Crippen LogP) is 4.96. The average molecular weight is 495 g/mol. The molecule has 1 aromatic rings. The quantitative estimate of drug-likeness (QED) is 0.503. The van der Waals surface area contributed by atoms with Crippen LogP contribution in [0.2, 0.25) is 0 Å². The number of carbonyl (C=O) groups is 1. The number of halogens is 1. The van der Waals surface area contributed by atoms with Crippen LogP contribution in [0.3, 0.4) is 0 Å². The lowest BCUT2D eigenvalue weighted by Gasteiger charge is -2.22. The Hall–Kier alpha value is -2.15. The van der Waals surface area contributed by atoms with Crippen LogP contribution < -0.4 is 4.72 Å². The highest BCUT2D eigenvalue weighted by molar-refractivity contribution is 8.20. The van der Waals surface area contributed by atoms with Crippen LogP contribution in [-0.2, 0) is 21.2 Å². The van der Waals surface area contributed by atoms with Gasteiger partial charge in [0.2, 0.25) is 5.91 Å². The maximum absolute atomic E-state index is 15.0. The molecule has 0 atom stereocenters. The van der Waals surface area contributed by atoms with E-state index < -0.39 is 27.3 Å². The Morgan fingerprint density at radius 1 is 1.39 bits per heavy atom. The molecule has 0 aliphatic heterocycles. The van der Waals surface area contributed by atoms with Crippen molar-refractivity contribution in [3.8, 4) is 6.07 Å². The molecule has 180 valence electrons. The molecule has 0 unspecified atom stereocenters. The fourth-order valence-corrected chi connectivity index (χ4v) is 5.98. The number of rotatable bonds is 9. The van der Waals surface area contributed by atoms with Gasteiger partial charge in [0.1, 0.15) is 16.1 Å². The molecule has 1 aliphatic carbocycles. The SMILES string of the molecule is C=C(SC(=C(C)C)S(=O)(=O)NC(=O)Cc1c(C2CC2)cc(C#N)c(F)c1C(C)C)C(C)(C)O. The van der Waals surface area contributed by atoms with Gasteiger partial charge in [0.05, 0.1) is 17.6 Å². The normalized spacial score (nSPS) is 14.1. The van der Waals surface area contributed by atoms with Gasteiger partial charge in [-0.25, -0.2) is 17.5 Å². The minimum Gasteiger partial charge on any atom is -0.385 e. The molecule has 1 fully saturated rings. The van der Waals surface area contributed by atoms with Crippen LogP contribution in [-0.4, -0.2) is 25.0 Å². The lowest BCUT2D eigenvalue weighted by molar-refractivity contribution is -0.118. The number of sulfonamides is 1. The summed E-state index contributed by atoms with van der Waals surface area (Å²) in [5.41, 5.74) is 0.495. The summed E-state index contributed by atoms with van der Waals surface area (Å²) in [6.45, 7) is 13.4. The minimum atomic E-state index is -4.24. The number of allylic oxidation sites excluding steroid dienone is 1. The summed E-state index contributed by atoms with van der Waals surface area (Å²) in [5, 5.41) is 19.5. The molecular formula is C24H31FN2O4S2. The first-order valence-corrected chi connectivity index (χ1v) is 13.0. The standard InChI is InChI=1S/C24H31FN2O4S2/c1-13(2)21-19(18(16-8-9-16)10-17(12-26)22(21)25)11-20(28)27-33(30,31)23(14(3)4)32-15(5)24(6,7)29/h10,13,16,29H,5,8-9,11H2,1-4,6-7H3,(H,27,28). The molecule has 0 radical (unpaired) electrons. The summed E-state index contributed by atoms with van der Waals surface area (Å²) in [6.07, 6.45) is 1.42. The van der Waals surface area contributed by atoms with E-state index in [0.29, 0.717) is 11.1 Å². The van der Waals surface area contributed by atoms with Gasteiger partial charge in [-0.3, -0.25) is 4.79 Å². The summed E-state index contributed by atoms with van der Waals surface area (Å²) >= 11 is 0.785. The van der Waals surface area contributed by atoms with E-state index in [-0.39, 0.29) is 38.5 Å². The van der Waals surface area contributed by atoms with Crippen molar-refractivity contribution in [2.24, 2.45) is 0 Å². The Kier molecular flexibility index (Phi) is 8.21. The summed E-state index contributed by atoms with van der Waals surface area (Å²) in [5.74, 6) is -1.62. The zero-order valence-electron chi connectivity index (χ0n) is 19.9. The number of hydrogen-bond donors (Lipinski definition) is 2. The van der Waals surface area contributed by atoms with Gasteiger partial charge in [-0.15, -0.1) is 0 Å². The predicted molar refractivity (Wildman–Crippen MR) is 129 cm³/mol. The number of hydrogen-bond acceptors (Lipinski definition) is 6. The van der Waals surface area contributed by atoms with E-state index in [4.69, 9.17) is 0 Å². The third-order valence-corrected chi connectivity index (χ3v) is 8.94. The van der Waals surface area contributed by atoms with Crippen LogP contribution in [0, 0.1) is 17.1 Å². The first kappa shape index (κ1) is 27.1. The van der Waals surface area contributed by atoms with E-state index in [2.05, 4.69) is 11.3 Å². The molecule has 1 amide bonds. The van der Waals surface area contributed by atoms with Gasteiger partial charge in [-0.2, -0.15) is 5.26 Å². The lowest BCUT2D eigenvalue weighted by Crippen LogP contribution is -2.33. The van der Waals surface area contributed by atoms with Crippen LogP contribution in [0.25, 0.3) is 0 Å². The Bertz CT molecular complexity index is 1150. The van der Waals surface area contributed by atoms with Crippen LogP contribution in [0.4, 0.5) is 4.39 Å². The molecule has 1 saturated carbocycles. The topological polar surface area (TPSA) is 107 Å². The van der Waals surface area contributed by atoms with Gasteiger partial charge in [0.25, 0.3) is 10.0 Å². The van der Waals surface area contributed by atoms with Gasteiger partial charge < -0.3 is 5.11 Å². The summed E-state index contributed by atoms with van der Waals surface area (Å²) in [6, 6.07) is 3.37. The van der Waals surface area contributed by atoms with Crippen molar-refractivity contribution in [3.05, 3.63) is 55.4 Å². The Balaban J connectivity index is 2.41. The van der Waals surface area contributed by atoms with E-state index in [1.807, 2.05) is 6.07 Å². The molecule has 0 spiro atoms. The van der Waals surface area contributed by atoms with Crippen LogP contribution in [0.15, 0.2) is 27.4 Å². The number of carbonyl (C=O) groups excluding carboxylic acids is 1. The second kappa shape index (κ2) is 10.00. The highest BCUT2D eigenvalue weighted by Crippen LogP contribution is 2.45. The second-order valence-electron chi connectivity index (χ2n) is 9.34. The molecule has 2 rings (SSSR count). The van der Waals surface area contributed by atoms with E-state index >= 15 is 4.39 Å². The van der Waals surface area contributed by atoms with Crippen LogP contribution in [0.5, 0.6) is 0 Å². The number of amides is 1. The van der Waals surface area contributed by atoms with Crippen molar-refractivity contribution < 1.29 is 22.7 Å². The van der Waals surface area contributed by atoms with Gasteiger partial charge in [0.15, 0.2) is 0 Å². The van der Waals surface area contributed by atoms with Crippen molar-refractivity contribution in [2.75, 3.05) is 0 Å². The van der Waals surface area contributed by atoms with Crippen molar-refractivity contribution in [1.29, 1.82) is 5.26 Å². The number of thioether (sulfide) groups is 1. The largest absolute Gasteiger partial charge is 0.385 e. The van der Waals surface area contributed by atoms with Crippen LogP contribution >= 0.6 is 11.8 Å². The third kappa shape index (κ3) is 6.46.